The van der Waals surface area contributed by atoms with Crippen LogP contribution in [0.5, 0.6) is 0 Å². The highest BCUT2D eigenvalue weighted by Crippen LogP contribution is 2.18. The summed E-state index contributed by atoms with van der Waals surface area (Å²) in [4.78, 5) is 35.8. The molecule has 1 fully saturated rings. The molecule has 146 valence electrons. The minimum Gasteiger partial charge on any atom is -0.478 e. The van der Waals surface area contributed by atoms with Crippen LogP contribution in [0.3, 0.4) is 0 Å². The van der Waals surface area contributed by atoms with Crippen molar-refractivity contribution in [1.29, 1.82) is 0 Å². The number of carbonyl (C=O) groups is 3. The molecule has 0 saturated heterocycles. The van der Waals surface area contributed by atoms with Gasteiger partial charge in [-0.15, -0.1) is 0 Å². The van der Waals surface area contributed by atoms with Crippen LogP contribution in [0.25, 0.3) is 0 Å². The molecule has 2 aromatic carbocycles. The van der Waals surface area contributed by atoms with Gasteiger partial charge in [0.2, 0.25) is 5.91 Å². The van der Waals surface area contributed by atoms with E-state index in [2.05, 4.69) is 10.6 Å². The van der Waals surface area contributed by atoms with Gasteiger partial charge >= 0.3 is 5.97 Å². The first-order valence-electron chi connectivity index (χ1n) is 9.55. The van der Waals surface area contributed by atoms with Crippen LogP contribution in [0.4, 0.5) is 5.69 Å². The van der Waals surface area contributed by atoms with Crippen LogP contribution in [0.15, 0.2) is 48.5 Å². The highest BCUT2D eigenvalue weighted by molar-refractivity contribution is 5.97. The van der Waals surface area contributed by atoms with Crippen molar-refractivity contribution in [2.45, 2.75) is 44.6 Å². The van der Waals surface area contributed by atoms with Gasteiger partial charge in [0.15, 0.2) is 0 Å². The smallest absolute Gasteiger partial charge is 0.335 e. The van der Waals surface area contributed by atoms with Gasteiger partial charge in [-0.2, -0.15) is 0 Å². The van der Waals surface area contributed by atoms with Gasteiger partial charge < -0.3 is 15.7 Å². The van der Waals surface area contributed by atoms with E-state index in [1.54, 1.807) is 42.5 Å². The van der Waals surface area contributed by atoms with E-state index in [4.69, 9.17) is 0 Å². The molecule has 2 amide bonds. The Bertz CT molecular complexity index is 855. The number of amides is 2. The van der Waals surface area contributed by atoms with Crippen LogP contribution in [-0.2, 0) is 11.2 Å². The maximum atomic E-state index is 12.3. The Labute approximate surface area is 164 Å². The van der Waals surface area contributed by atoms with Crippen molar-refractivity contribution in [3.8, 4) is 0 Å². The van der Waals surface area contributed by atoms with Crippen molar-refractivity contribution >= 4 is 23.5 Å². The SMILES string of the molecule is O=C(Cc1ccccc1C(=O)O)Nc1ccc(C(=O)NC2CCCCC2)cc1. The van der Waals surface area contributed by atoms with E-state index in [1.807, 2.05) is 0 Å². The summed E-state index contributed by atoms with van der Waals surface area (Å²) in [6.45, 7) is 0. The van der Waals surface area contributed by atoms with Crippen molar-refractivity contribution in [1.82, 2.24) is 5.32 Å². The standard InChI is InChI=1S/C22H24N2O4/c25-20(14-16-6-4-5-9-19(16)22(27)28)23-18-12-10-15(11-13-18)21(26)24-17-7-2-1-3-8-17/h4-6,9-13,17H,1-3,7-8,14H2,(H,23,25)(H,24,26)(H,27,28). The van der Waals surface area contributed by atoms with E-state index in [-0.39, 0.29) is 29.8 Å². The van der Waals surface area contributed by atoms with E-state index < -0.39 is 5.97 Å². The van der Waals surface area contributed by atoms with Crippen LogP contribution in [-0.4, -0.2) is 28.9 Å². The van der Waals surface area contributed by atoms with Gasteiger partial charge in [0.25, 0.3) is 5.91 Å². The second-order valence-corrected chi connectivity index (χ2v) is 7.07. The molecule has 0 atom stereocenters. The van der Waals surface area contributed by atoms with Crippen LogP contribution >= 0.6 is 0 Å². The van der Waals surface area contributed by atoms with Gasteiger partial charge in [0.05, 0.1) is 12.0 Å². The number of rotatable bonds is 6. The first-order chi connectivity index (χ1) is 13.5. The predicted molar refractivity (Wildman–Crippen MR) is 107 cm³/mol. The molecule has 2 aromatic rings. The molecule has 0 spiro atoms. The zero-order chi connectivity index (χ0) is 19.9. The van der Waals surface area contributed by atoms with E-state index in [1.165, 1.54) is 12.5 Å². The Morgan fingerprint density at radius 3 is 2.29 bits per heavy atom. The third kappa shape index (κ3) is 5.19. The summed E-state index contributed by atoms with van der Waals surface area (Å²) in [5.74, 6) is -1.47. The average Bonchev–Trinajstić information content (AvgIpc) is 2.69. The molecule has 1 aliphatic carbocycles. The van der Waals surface area contributed by atoms with E-state index in [9.17, 15) is 19.5 Å². The molecule has 6 nitrogen and oxygen atoms in total. The third-order valence-electron chi connectivity index (χ3n) is 4.97. The van der Waals surface area contributed by atoms with Crippen LogP contribution < -0.4 is 10.6 Å². The molecule has 1 aliphatic rings. The molecule has 28 heavy (non-hydrogen) atoms. The van der Waals surface area contributed by atoms with Crippen LogP contribution in [0.1, 0.15) is 58.4 Å². The molecule has 0 radical (unpaired) electrons. The number of carbonyl (C=O) groups excluding carboxylic acids is 2. The van der Waals surface area contributed by atoms with Gasteiger partial charge in [-0.25, -0.2) is 4.79 Å². The number of aromatic carboxylic acids is 1. The summed E-state index contributed by atoms with van der Waals surface area (Å²) >= 11 is 0. The Hall–Kier alpha value is -3.15. The summed E-state index contributed by atoms with van der Waals surface area (Å²) in [6.07, 6.45) is 5.56. The van der Waals surface area contributed by atoms with Crippen molar-refractivity contribution < 1.29 is 19.5 Å². The van der Waals surface area contributed by atoms with Gasteiger partial charge in [-0.3, -0.25) is 9.59 Å². The molecule has 0 bridgehead atoms. The second kappa shape index (κ2) is 9.17. The number of carboxylic acids is 1. The van der Waals surface area contributed by atoms with E-state index in [0.29, 0.717) is 16.8 Å². The first-order valence-corrected chi connectivity index (χ1v) is 9.55. The fraction of sp³-hybridized carbons (Fsp3) is 0.318. The van der Waals surface area contributed by atoms with Crippen molar-refractivity contribution in [2.75, 3.05) is 5.32 Å². The third-order valence-corrected chi connectivity index (χ3v) is 4.97. The monoisotopic (exact) mass is 380 g/mol. The Morgan fingerprint density at radius 2 is 1.61 bits per heavy atom. The van der Waals surface area contributed by atoms with Crippen molar-refractivity contribution in [3.63, 3.8) is 0 Å². The molecule has 3 N–H and O–H groups in total. The van der Waals surface area contributed by atoms with Gasteiger partial charge in [0.1, 0.15) is 0 Å². The summed E-state index contributed by atoms with van der Waals surface area (Å²) in [6, 6.07) is 13.4. The van der Waals surface area contributed by atoms with Crippen molar-refractivity contribution in [2.24, 2.45) is 0 Å². The molecule has 6 heteroatoms. The lowest BCUT2D eigenvalue weighted by Gasteiger charge is -2.22. The van der Waals surface area contributed by atoms with Gasteiger partial charge in [-0.05, 0) is 48.7 Å². The Balaban J connectivity index is 1.57. The lowest BCUT2D eigenvalue weighted by Crippen LogP contribution is -2.36. The predicted octanol–water partition coefficient (Wildman–Crippen LogP) is 3.63. The molecule has 0 aliphatic heterocycles. The summed E-state index contributed by atoms with van der Waals surface area (Å²) in [5, 5.41) is 15.0. The minimum absolute atomic E-state index is 0.0353. The molecular weight excluding hydrogens is 356 g/mol. The number of benzene rings is 2. The largest absolute Gasteiger partial charge is 0.478 e. The second-order valence-electron chi connectivity index (χ2n) is 7.07. The van der Waals surface area contributed by atoms with E-state index in [0.717, 1.165) is 25.7 Å². The lowest BCUT2D eigenvalue weighted by molar-refractivity contribution is -0.115. The highest BCUT2D eigenvalue weighted by atomic mass is 16.4. The number of anilines is 1. The highest BCUT2D eigenvalue weighted by Gasteiger charge is 2.17. The number of carboxylic acid groups (broad SMARTS) is 1. The summed E-state index contributed by atoms with van der Waals surface area (Å²) in [7, 11) is 0. The molecule has 1 saturated carbocycles. The molecule has 3 rings (SSSR count). The molecular formula is C22H24N2O4. The van der Waals surface area contributed by atoms with Crippen LogP contribution in [0.2, 0.25) is 0 Å². The first kappa shape index (κ1) is 19.6. The van der Waals surface area contributed by atoms with Gasteiger partial charge in [0, 0.05) is 17.3 Å². The zero-order valence-corrected chi connectivity index (χ0v) is 15.6. The molecule has 0 aromatic heterocycles. The zero-order valence-electron chi connectivity index (χ0n) is 15.6. The fourth-order valence-corrected chi connectivity index (χ4v) is 3.48. The number of hydrogen-bond acceptors (Lipinski definition) is 3. The minimum atomic E-state index is -1.06. The van der Waals surface area contributed by atoms with E-state index >= 15 is 0 Å². The lowest BCUT2D eigenvalue weighted by atomic mass is 9.95. The van der Waals surface area contributed by atoms with Crippen LogP contribution in [0, 0.1) is 0 Å². The molecule has 0 unspecified atom stereocenters. The number of hydrogen-bond donors (Lipinski definition) is 3. The summed E-state index contributed by atoms with van der Waals surface area (Å²) in [5.41, 5.74) is 1.69. The van der Waals surface area contributed by atoms with Gasteiger partial charge in [-0.1, -0.05) is 37.5 Å². The number of nitrogens with one attached hydrogen (secondary N) is 2. The maximum absolute atomic E-state index is 12.3. The molecule has 0 heterocycles. The van der Waals surface area contributed by atoms with Crippen molar-refractivity contribution in [3.05, 3.63) is 65.2 Å². The quantitative estimate of drug-likeness (QED) is 0.713. The maximum Gasteiger partial charge on any atom is 0.335 e. The summed E-state index contributed by atoms with van der Waals surface area (Å²) < 4.78 is 0. The Morgan fingerprint density at radius 1 is 0.929 bits per heavy atom. The fourth-order valence-electron chi connectivity index (χ4n) is 3.48. The topological polar surface area (TPSA) is 95.5 Å². The normalized spacial score (nSPS) is 14.3. The Kier molecular flexibility index (Phi) is 6.42. The average molecular weight is 380 g/mol.